The zero-order valence-corrected chi connectivity index (χ0v) is 12.8. The summed E-state index contributed by atoms with van der Waals surface area (Å²) < 4.78 is 0. The predicted molar refractivity (Wildman–Crippen MR) is 84.1 cm³/mol. The Morgan fingerprint density at radius 1 is 1.32 bits per heavy atom. The van der Waals surface area contributed by atoms with Crippen LogP contribution in [0.5, 0.6) is 0 Å². The highest BCUT2D eigenvalue weighted by Gasteiger charge is 2.44. The van der Waals surface area contributed by atoms with Crippen molar-refractivity contribution in [3.8, 4) is 6.19 Å². The van der Waals surface area contributed by atoms with Crippen LogP contribution in [0.3, 0.4) is 0 Å². The first-order valence-electron chi connectivity index (χ1n) is 7.87. The third kappa shape index (κ3) is 2.00. The average Bonchev–Trinajstić information content (AvgIpc) is 3.01. The molecule has 2 atom stereocenters. The van der Waals surface area contributed by atoms with Crippen molar-refractivity contribution >= 4 is 16.9 Å². The number of H-pyrrole nitrogens is 1. The number of fused-ring (bicyclic) bond motifs is 2. The molecule has 22 heavy (non-hydrogen) atoms. The van der Waals surface area contributed by atoms with Crippen LogP contribution in [0.4, 0.5) is 5.82 Å². The Morgan fingerprint density at radius 3 is 3.05 bits per heavy atom. The van der Waals surface area contributed by atoms with Gasteiger partial charge in [0.2, 0.25) is 0 Å². The van der Waals surface area contributed by atoms with Crippen LogP contribution in [0, 0.1) is 22.8 Å². The van der Waals surface area contributed by atoms with Gasteiger partial charge in [0.1, 0.15) is 17.8 Å². The van der Waals surface area contributed by atoms with Crippen molar-refractivity contribution in [3.05, 3.63) is 18.6 Å². The Balaban J connectivity index is 1.65. The van der Waals surface area contributed by atoms with Crippen LogP contribution >= 0.6 is 0 Å². The van der Waals surface area contributed by atoms with Crippen LogP contribution in [-0.4, -0.2) is 46.0 Å². The lowest BCUT2D eigenvalue weighted by atomic mass is 9.68. The molecular formula is C16H20N6. The normalized spacial score (nSPS) is 28.5. The maximum absolute atomic E-state index is 9.23. The third-order valence-electron chi connectivity index (χ3n) is 5.36. The van der Waals surface area contributed by atoms with Gasteiger partial charge in [0.15, 0.2) is 6.19 Å². The minimum Gasteiger partial charge on any atom is -0.355 e. The number of nitriles is 1. The predicted octanol–water partition coefficient (Wildman–Crippen LogP) is 1.98. The molecular weight excluding hydrogens is 276 g/mol. The van der Waals surface area contributed by atoms with Crippen LogP contribution in [0.1, 0.15) is 19.8 Å². The zero-order chi connectivity index (χ0) is 15.2. The molecule has 2 aromatic heterocycles. The van der Waals surface area contributed by atoms with E-state index in [9.17, 15) is 5.26 Å². The summed E-state index contributed by atoms with van der Waals surface area (Å²) in [4.78, 5) is 16.2. The van der Waals surface area contributed by atoms with Crippen LogP contribution in [0.25, 0.3) is 11.0 Å². The molecule has 2 aliphatic rings. The van der Waals surface area contributed by atoms with E-state index in [0.717, 1.165) is 49.5 Å². The lowest BCUT2D eigenvalue weighted by Crippen LogP contribution is -2.55. The van der Waals surface area contributed by atoms with Gasteiger partial charge in [-0.25, -0.2) is 9.97 Å². The second-order valence-corrected chi connectivity index (χ2v) is 6.81. The number of nitrogens with one attached hydrogen (secondary N) is 1. The van der Waals surface area contributed by atoms with E-state index < -0.39 is 0 Å². The van der Waals surface area contributed by atoms with Crippen LogP contribution in [0.2, 0.25) is 0 Å². The lowest BCUT2D eigenvalue weighted by Gasteiger charge is -2.51. The van der Waals surface area contributed by atoms with Crippen LogP contribution in [0.15, 0.2) is 18.6 Å². The number of aromatic amines is 1. The van der Waals surface area contributed by atoms with E-state index >= 15 is 0 Å². The molecule has 0 aromatic carbocycles. The van der Waals surface area contributed by atoms with Gasteiger partial charge in [0, 0.05) is 37.8 Å². The minimum absolute atomic E-state index is 0.153. The summed E-state index contributed by atoms with van der Waals surface area (Å²) in [6.45, 7) is 6.07. The maximum atomic E-state index is 9.23. The van der Waals surface area contributed by atoms with E-state index in [4.69, 9.17) is 0 Å². The molecule has 2 fully saturated rings. The number of aromatic nitrogens is 3. The molecule has 0 amide bonds. The van der Waals surface area contributed by atoms with E-state index in [-0.39, 0.29) is 5.41 Å². The molecule has 0 spiro atoms. The Labute approximate surface area is 129 Å². The largest absolute Gasteiger partial charge is 0.355 e. The summed E-state index contributed by atoms with van der Waals surface area (Å²) in [5, 5.41) is 10.3. The number of hydrogen-bond acceptors (Lipinski definition) is 5. The van der Waals surface area contributed by atoms with E-state index in [0.29, 0.717) is 5.92 Å². The van der Waals surface area contributed by atoms with Gasteiger partial charge in [0.25, 0.3) is 0 Å². The quantitative estimate of drug-likeness (QED) is 0.815. The highest BCUT2D eigenvalue weighted by molar-refractivity contribution is 5.87. The molecule has 0 saturated carbocycles. The van der Waals surface area contributed by atoms with Crippen molar-refractivity contribution in [2.24, 2.45) is 11.3 Å². The molecule has 114 valence electrons. The monoisotopic (exact) mass is 296 g/mol. The summed E-state index contributed by atoms with van der Waals surface area (Å²) >= 11 is 0. The fraction of sp³-hybridized carbons (Fsp3) is 0.562. The Hall–Kier alpha value is -2.29. The average molecular weight is 296 g/mol. The second-order valence-electron chi connectivity index (χ2n) is 6.81. The molecule has 2 aromatic rings. The summed E-state index contributed by atoms with van der Waals surface area (Å²) in [6, 6.07) is 2.04. The van der Waals surface area contributed by atoms with Crippen LogP contribution in [-0.2, 0) is 0 Å². The third-order valence-corrected chi connectivity index (χ3v) is 5.36. The van der Waals surface area contributed by atoms with Gasteiger partial charge in [-0.2, -0.15) is 5.26 Å². The van der Waals surface area contributed by atoms with Gasteiger partial charge in [-0.3, -0.25) is 0 Å². The van der Waals surface area contributed by atoms with Gasteiger partial charge in [-0.05, 0) is 24.8 Å². The fourth-order valence-electron chi connectivity index (χ4n) is 4.18. The first-order chi connectivity index (χ1) is 10.7. The zero-order valence-electron chi connectivity index (χ0n) is 12.8. The number of hydrogen-bond donors (Lipinski definition) is 1. The summed E-state index contributed by atoms with van der Waals surface area (Å²) in [5.41, 5.74) is 1.04. The smallest absolute Gasteiger partial charge is 0.179 e. The molecule has 0 radical (unpaired) electrons. The molecule has 2 aliphatic heterocycles. The number of likely N-dealkylation sites (tertiary alicyclic amines) is 1. The van der Waals surface area contributed by atoms with Crippen molar-refractivity contribution in [3.63, 3.8) is 0 Å². The highest BCUT2D eigenvalue weighted by Crippen LogP contribution is 2.42. The first-order valence-corrected chi connectivity index (χ1v) is 7.87. The minimum atomic E-state index is 0.153. The number of nitrogens with zero attached hydrogens (tertiary/aromatic N) is 5. The topological polar surface area (TPSA) is 71.8 Å². The van der Waals surface area contributed by atoms with E-state index in [1.807, 2.05) is 17.2 Å². The standard InChI is InChI=1S/C16H20N6/c1-16-8-21(10-17)6-3-12(16)4-7-22(9-16)15-13-2-5-18-14(13)19-11-20-15/h2,5,11-12H,3-4,6-9H2,1H3,(H,18,19,20)/t12-,16+/m0/s1. The fourth-order valence-corrected chi connectivity index (χ4v) is 4.18. The van der Waals surface area contributed by atoms with Crippen molar-refractivity contribution < 1.29 is 0 Å². The van der Waals surface area contributed by atoms with Crippen molar-refractivity contribution in [2.45, 2.75) is 19.8 Å². The molecule has 1 N–H and O–H groups in total. The molecule has 0 bridgehead atoms. The number of rotatable bonds is 1. The Kier molecular flexibility index (Phi) is 2.96. The second kappa shape index (κ2) is 4.87. The summed E-state index contributed by atoms with van der Waals surface area (Å²) in [5.74, 6) is 1.72. The summed E-state index contributed by atoms with van der Waals surface area (Å²) in [6.07, 6.45) is 8.17. The van der Waals surface area contributed by atoms with Crippen molar-refractivity contribution in [2.75, 3.05) is 31.1 Å². The van der Waals surface area contributed by atoms with E-state index in [1.165, 1.54) is 6.42 Å². The highest BCUT2D eigenvalue weighted by atomic mass is 15.2. The SMILES string of the molecule is C[C@]12CN(C#N)CC[C@H]1CCN(c1ncnc3[nH]ccc13)C2. The van der Waals surface area contributed by atoms with Gasteiger partial charge in [0.05, 0.1) is 5.39 Å². The molecule has 2 saturated heterocycles. The van der Waals surface area contributed by atoms with Crippen LogP contribution < -0.4 is 4.90 Å². The molecule has 4 heterocycles. The lowest BCUT2D eigenvalue weighted by molar-refractivity contribution is 0.0560. The van der Waals surface area contributed by atoms with Gasteiger partial charge in [-0.15, -0.1) is 0 Å². The Morgan fingerprint density at radius 2 is 2.18 bits per heavy atom. The van der Waals surface area contributed by atoms with Gasteiger partial charge >= 0.3 is 0 Å². The molecule has 6 nitrogen and oxygen atoms in total. The molecule has 0 unspecified atom stereocenters. The number of piperidine rings is 2. The molecule has 6 heteroatoms. The van der Waals surface area contributed by atoms with Gasteiger partial charge in [-0.1, -0.05) is 6.92 Å². The molecule has 4 rings (SSSR count). The van der Waals surface area contributed by atoms with Crippen molar-refractivity contribution in [1.29, 1.82) is 5.26 Å². The van der Waals surface area contributed by atoms with E-state index in [2.05, 4.69) is 33.0 Å². The Bertz CT molecular complexity index is 732. The number of anilines is 1. The van der Waals surface area contributed by atoms with Crippen molar-refractivity contribution in [1.82, 2.24) is 19.9 Å². The van der Waals surface area contributed by atoms with E-state index in [1.54, 1.807) is 6.33 Å². The van der Waals surface area contributed by atoms with Gasteiger partial charge < -0.3 is 14.8 Å². The summed E-state index contributed by atoms with van der Waals surface area (Å²) in [7, 11) is 0. The maximum Gasteiger partial charge on any atom is 0.179 e. The first kappa shape index (κ1) is 13.4. The molecule has 0 aliphatic carbocycles.